The summed E-state index contributed by atoms with van der Waals surface area (Å²) in [6, 6.07) is 24.0. The summed E-state index contributed by atoms with van der Waals surface area (Å²) in [7, 11) is -16.0. The van der Waals surface area contributed by atoms with Crippen LogP contribution in [0.25, 0.3) is 21.8 Å². The highest BCUT2D eigenvalue weighted by atomic mass is 32.3. The van der Waals surface area contributed by atoms with Crippen LogP contribution in [0.3, 0.4) is 0 Å². The van der Waals surface area contributed by atoms with E-state index in [2.05, 4.69) is 36.3 Å². The normalized spacial score (nSPS) is 11.6. The number of rotatable bonds is 16. The molecule has 0 fully saturated rings. The second kappa shape index (κ2) is 29.4. The number of nitrogens with one attached hydrogen (secondary N) is 1. The van der Waals surface area contributed by atoms with E-state index in [4.69, 9.17) is 19.8 Å². The van der Waals surface area contributed by atoms with Crippen LogP contribution >= 0.6 is 0 Å². The third kappa shape index (κ3) is 19.5. The topological polar surface area (TPSA) is 396 Å². The average molecular weight is 1270 g/mol. The molecule has 0 bridgehead atoms. The van der Waals surface area contributed by atoms with Gasteiger partial charge < -0.3 is 54.5 Å². The summed E-state index contributed by atoms with van der Waals surface area (Å²) in [5.74, 6) is 0.870. The Kier molecular flexibility index (Phi) is 24.2. The summed E-state index contributed by atoms with van der Waals surface area (Å²) in [6.45, 7) is 3.82. The molecule has 2 N–H and O–H groups in total. The van der Waals surface area contributed by atoms with Crippen molar-refractivity contribution in [2.75, 3.05) is 27.4 Å². The molecule has 0 amide bonds. The van der Waals surface area contributed by atoms with Gasteiger partial charge in [-0.05, 0) is 128 Å². The minimum Gasteiger partial charge on any atom is -0.496 e. The van der Waals surface area contributed by atoms with Crippen molar-refractivity contribution in [1.82, 2.24) is 24.5 Å². The Balaban J connectivity index is 0.000000286. The number of halogens is 9. The van der Waals surface area contributed by atoms with Gasteiger partial charge in [0.15, 0.2) is 0 Å². The number of nitro groups is 3. The summed E-state index contributed by atoms with van der Waals surface area (Å²) in [6.07, 6.45) is 4.88. The van der Waals surface area contributed by atoms with Crippen molar-refractivity contribution in [1.29, 1.82) is 10.5 Å². The van der Waals surface area contributed by atoms with E-state index in [9.17, 15) is 100 Å². The monoisotopic (exact) mass is 1270 g/mol. The summed E-state index contributed by atoms with van der Waals surface area (Å²) < 4.78 is 183. The van der Waals surface area contributed by atoms with Crippen molar-refractivity contribution < 1.29 is 102 Å². The number of pyridine rings is 3. The smallest absolute Gasteiger partial charge is 0.496 e. The number of aromatic amines is 1. The van der Waals surface area contributed by atoms with Crippen molar-refractivity contribution in [3.05, 3.63) is 161 Å². The maximum atomic E-state index is 11.9. The number of aliphatic hydroxyl groups is 1. The average Bonchev–Trinajstić information content (AvgIpc) is 2.98. The van der Waals surface area contributed by atoms with E-state index in [0.717, 1.165) is 67.8 Å². The van der Waals surface area contributed by atoms with Crippen LogP contribution in [0, 0.1) is 66.9 Å². The molecule has 2 aromatic carbocycles. The first-order chi connectivity index (χ1) is 39.4. The summed E-state index contributed by atoms with van der Waals surface area (Å²) >= 11 is 0. The van der Waals surface area contributed by atoms with Gasteiger partial charge >= 0.3 is 64.3 Å². The first-order valence-corrected chi connectivity index (χ1v) is 26.9. The zero-order valence-corrected chi connectivity index (χ0v) is 46.0. The molecule has 0 saturated heterocycles. The number of aryl methyl sites for hydroxylation is 4. The van der Waals surface area contributed by atoms with Gasteiger partial charge in [-0.3, -0.25) is 4.18 Å². The van der Waals surface area contributed by atoms with Gasteiger partial charge in [0, 0.05) is 70.7 Å². The lowest BCUT2D eigenvalue weighted by molar-refractivity contribution is -0.389. The molecule has 458 valence electrons. The van der Waals surface area contributed by atoms with E-state index >= 15 is 0 Å². The maximum Gasteiger partial charge on any atom is 0.524 e. The molecule has 5 heterocycles. The Labute approximate surface area is 473 Å². The molecule has 0 aliphatic heterocycles. The number of alkyl halides is 9. The predicted molar refractivity (Wildman–Crippen MR) is 275 cm³/mol. The van der Waals surface area contributed by atoms with Gasteiger partial charge in [-0.2, -0.15) is 75.3 Å². The van der Waals surface area contributed by atoms with Crippen molar-refractivity contribution in [3.63, 3.8) is 0 Å². The summed E-state index contributed by atoms with van der Waals surface area (Å²) in [5.41, 5.74) is -10.9. The fraction of sp³-hybridized carbons (Fsp3) is 0.283. The Hall–Kier alpha value is -9.15. The number of methoxy groups -OCH3 is 2. The van der Waals surface area contributed by atoms with Crippen LogP contribution in [0.4, 0.5) is 57.0 Å². The van der Waals surface area contributed by atoms with E-state index in [0.29, 0.717) is 36.3 Å². The van der Waals surface area contributed by atoms with Crippen LogP contribution < -0.4 is 9.47 Å². The van der Waals surface area contributed by atoms with E-state index < -0.39 is 74.1 Å². The molecule has 0 aliphatic rings. The van der Waals surface area contributed by atoms with Gasteiger partial charge in [0.05, 0.1) is 20.8 Å². The zero-order chi connectivity index (χ0) is 64.5. The molecule has 0 aliphatic carbocycles. The van der Waals surface area contributed by atoms with Gasteiger partial charge in [0.25, 0.3) is 0 Å². The van der Waals surface area contributed by atoms with Crippen LogP contribution in [0.1, 0.15) is 39.2 Å². The fourth-order valence-corrected chi connectivity index (χ4v) is 8.54. The number of hydrogen-bond acceptors (Lipinski definition) is 22. The first-order valence-electron chi connectivity index (χ1n) is 22.7. The highest BCUT2D eigenvalue weighted by Gasteiger charge is 2.57. The lowest BCUT2D eigenvalue weighted by atomic mass is 10.1. The molecule has 5 aromatic heterocycles. The highest BCUT2D eigenvalue weighted by molar-refractivity contribution is 8.00. The van der Waals surface area contributed by atoms with Crippen LogP contribution in [0.5, 0.6) is 11.5 Å². The Morgan fingerprint density at radius 3 is 1.40 bits per heavy atom. The number of nitrogens with zero attached hydrogens (tertiary/aromatic N) is 9. The van der Waals surface area contributed by atoms with E-state index in [1.165, 1.54) is 30.6 Å². The third-order valence-corrected chi connectivity index (χ3v) is 14.3. The van der Waals surface area contributed by atoms with Crippen LogP contribution in [0.15, 0.2) is 91.4 Å². The molecule has 85 heavy (non-hydrogen) atoms. The van der Waals surface area contributed by atoms with Gasteiger partial charge in [0.2, 0.25) is 0 Å². The number of H-pyrrole nitrogens is 1. The lowest BCUT2D eigenvalue weighted by Crippen LogP contribution is -2.34. The van der Waals surface area contributed by atoms with Crippen LogP contribution in [-0.2, 0) is 64.0 Å². The molecule has 7 aromatic rings. The quantitative estimate of drug-likeness (QED) is 0.0301. The second-order valence-electron chi connectivity index (χ2n) is 16.2. The molecule has 39 heteroatoms. The molecule has 0 unspecified atom stereocenters. The Morgan fingerprint density at radius 2 is 1.02 bits per heavy atom. The molecular formula is C46H41F9N10O17S3. The van der Waals surface area contributed by atoms with E-state index in [-0.39, 0.29) is 24.7 Å². The van der Waals surface area contributed by atoms with Crippen molar-refractivity contribution >= 4 is 69.6 Å². The molecule has 0 spiro atoms. The molecule has 0 saturated carbocycles. The number of nitriles is 2. The largest absolute Gasteiger partial charge is 0.524 e. The van der Waals surface area contributed by atoms with E-state index in [1.807, 2.05) is 58.4 Å². The zero-order valence-electron chi connectivity index (χ0n) is 43.5. The van der Waals surface area contributed by atoms with Gasteiger partial charge in [-0.15, -0.1) is 3.63 Å². The number of aliphatic hydroxyl groups excluding tert-OH is 1. The number of hydrogen-bond donors (Lipinski definition) is 2. The molecule has 7 rings (SSSR count). The number of benzene rings is 2. The Bertz CT molecular complexity index is 3890. The standard InChI is InChI=1S/C18H16N4O3.C11H10N2O.C8H7F3N2O5S.C7H8N2O3.C2F6O5S2/c1-12-15-9-14(10-19)21(16(15)4-5-17(12)25-2)8-7-13-3-6-18(20-11-13)22(23)24;1-7-9-5-8(6-12)13-10(9)3-4-11(7)14-2;9-8(10,11)19(16,17)18-4-3-6-1-2-7(12-5-6)13(14)15;10-4-3-6-1-2-7(8-5-6)9(11)12;3-1(4,5)14(9,10)13-15(11,12)2(6,7)8/h3-6,9,11H,7-8H2,1-2H3;3-5,13H,1-2H3;1-2,5H,3-4H2;1-2,5,10H,3-4H2;. The minimum absolute atomic E-state index is 0.0273. The second-order valence-corrected chi connectivity index (χ2v) is 21.1. The number of fused-ring (bicyclic) bond motifs is 2. The fourth-order valence-electron chi connectivity index (χ4n) is 6.54. The first kappa shape index (κ1) is 70.1. The highest BCUT2D eigenvalue weighted by Crippen LogP contribution is 2.33. The third-order valence-electron chi connectivity index (χ3n) is 10.7. The summed E-state index contributed by atoms with van der Waals surface area (Å²) in [5, 5.41) is 59.9. The minimum atomic E-state index is -6.85. The lowest BCUT2D eigenvalue weighted by Gasteiger charge is -2.09. The van der Waals surface area contributed by atoms with Crippen molar-refractivity contribution in [2.45, 2.75) is 56.2 Å². The molecule has 27 nitrogen and oxygen atoms in total. The van der Waals surface area contributed by atoms with Crippen molar-refractivity contribution in [2.24, 2.45) is 0 Å². The van der Waals surface area contributed by atoms with Gasteiger partial charge in [-0.25, -0.2) is 0 Å². The number of aromatic nitrogens is 5. The predicted octanol–water partition coefficient (Wildman–Crippen LogP) is 8.36. The SMILES string of the molecule is COc1ccc2[nH]c(C#N)cc2c1C.COc1ccc2c(cc(C#N)n2CCc2ccc([N+](=O)[O-])nc2)c1C.O=S(=O)(OS(=O)(=O)C(F)(F)F)C(F)(F)F.O=[N+]([O-])c1ccc(CCO)cn1.O=[N+]([O-])c1ccc(CCOS(=O)(=O)C(F)(F)F)cn1. The molecule has 0 atom stereocenters. The van der Waals surface area contributed by atoms with Crippen molar-refractivity contribution in [3.8, 4) is 23.6 Å². The van der Waals surface area contributed by atoms with Crippen LogP contribution in [0.2, 0.25) is 0 Å². The summed E-state index contributed by atoms with van der Waals surface area (Å²) in [4.78, 5) is 43.1. The van der Waals surface area contributed by atoms with Crippen LogP contribution in [-0.4, -0.2) is 114 Å². The van der Waals surface area contributed by atoms with Gasteiger partial charge in [-0.1, -0.05) is 0 Å². The number of ether oxygens (including phenoxy) is 2. The van der Waals surface area contributed by atoms with E-state index in [1.54, 1.807) is 26.4 Å². The maximum absolute atomic E-state index is 11.9. The molecule has 0 radical (unpaired) electrons. The van der Waals surface area contributed by atoms with Gasteiger partial charge in [0.1, 0.15) is 53.6 Å². The molecular weight excluding hydrogens is 1230 g/mol. The Morgan fingerprint density at radius 1 is 0.600 bits per heavy atom.